The second-order valence-electron chi connectivity index (χ2n) is 7.68. The number of carbonyl (C=O) groups excluding carboxylic acids is 3. The second kappa shape index (κ2) is 11.6. The van der Waals surface area contributed by atoms with Crippen molar-refractivity contribution in [2.45, 2.75) is 13.0 Å². The third-order valence-corrected chi connectivity index (χ3v) is 5.15. The number of ether oxygens (including phenoxy) is 3. The minimum absolute atomic E-state index is 0.00561. The Morgan fingerprint density at radius 2 is 1.49 bits per heavy atom. The molecule has 3 aromatic rings. The molecule has 0 saturated carbocycles. The van der Waals surface area contributed by atoms with E-state index in [9.17, 15) is 14.4 Å². The summed E-state index contributed by atoms with van der Waals surface area (Å²) in [5.41, 5.74) is 6.31. The quantitative estimate of drug-likeness (QED) is 0.461. The fraction of sp³-hybridized carbons (Fsp3) is 0.192. The lowest BCUT2D eigenvalue weighted by Crippen LogP contribution is -2.46. The fourth-order valence-corrected chi connectivity index (χ4v) is 3.37. The zero-order valence-electron chi connectivity index (χ0n) is 18.9. The summed E-state index contributed by atoms with van der Waals surface area (Å²) in [5.74, 6) is 0.576. The van der Waals surface area contributed by atoms with Crippen molar-refractivity contribution >= 4 is 23.4 Å². The molecule has 0 fully saturated rings. The van der Waals surface area contributed by atoms with E-state index in [0.717, 1.165) is 5.56 Å². The van der Waals surface area contributed by atoms with Crippen LogP contribution in [-0.2, 0) is 21.0 Å². The molecule has 0 unspecified atom stereocenters. The summed E-state index contributed by atoms with van der Waals surface area (Å²) < 4.78 is 16.5. The smallest absolute Gasteiger partial charge is 0.276 e. The van der Waals surface area contributed by atoms with Gasteiger partial charge in [0.2, 0.25) is 5.91 Å². The van der Waals surface area contributed by atoms with Gasteiger partial charge in [-0.1, -0.05) is 42.5 Å². The highest BCUT2D eigenvalue weighted by molar-refractivity contribution is 5.98. The maximum absolute atomic E-state index is 12.2. The van der Waals surface area contributed by atoms with Crippen LogP contribution in [0.5, 0.6) is 17.2 Å². The van der Waals surface area contributed by atoms with Crippen LogP contribution in [0.25, 0.3) is 0 Å². The van der Waals surface area contributed by atoms with E-state index in [1.54, 1.807) is 42.5 Å². The molecular weight excluding hydrogens is 450 g/mol. The second-order valence-corrected chi connectivity index (χ2v) is 7.68. The Kier molecular flexibility index (Phi) is 7.80. The number of hydrazine groups is 1. The van der Waals surface area contributed by atoms with Crippen molar-refractivity contribution in [3.05, 3.63) is 84.4 Å². The number of benzene rings is 3. The average Bonchev–Trinajstić information content (AvgIpc) is 2.90. The van der Waals surface area contributed by atoms with Gasteiger partial charge in [-0.15, -0.1) is 0 Å². The predicted molar refractivity (Wildman–Crippen MR) is 128 cm³/mol. The number of fused-ring (bicyclic) bond motifs is 1. The molecule has 0 atom stereocenters. The van der Waals surface area contributed by atoms with Crippen LogP contribution in [0.2, 0.25) is 0 Å². The first-order chi connectivity index (χ1) is 17.1. The molecule has 0 bridgehead atoms. The summed E-state index contributed by atoms with van der Waals surface area (Å²) in [4.78, 5) is 37.8. The van der Waals surface area contributed by atoms with Gasteiger partial charge in [-0.05, 0) is 42.0 Å². The van der Waals surface area contributed by atoms with Gasteiger partial charge in [-0.3, -0.25) is 25.2 Å². The number of para-hydroxylation sites is 2. The van der Waals surface area contributed by atoms with Crippen molar-refractivity contribution in [1.82, 2.24) is 10.9 Å². The number of anilines is 1. The largest absolute Gasteiger partial charge is 0.489 e. The lowest BCUT2D eigenvalue weighted by molar-refractivity contribution is -0.130. The molecule has 0 spiro atoms. The lowest BCUT2D eigenvalue weighted by Gasteiger charge is -2.29. The molecule has 2 N–H and O–H groups in total. The highest BCUT2D eigenvalue weighted by atomic mass is 16.5. The van der Waals surface area contributed by atoms with Crippen molar-refractivity contribution in [2.24, 2.45) is 0 Å². The SMILES string of the molecule is O=C(CCN1C(=O)COc2ccccc21)NNC(=O)COc1ccc(OCc2ccccc2)cc1. The van der Waals surface area contributed by atoms with Gasteiger partial charge >= 0.3 is 0 Å². The Labute approximate surface area is 202 Å². The number of hydrogen-bond acceptors (Lipinski definition) is 6. The Morgan fingerprint density at radius 1 is 0.829 bits per heavy atom. The van der Waals surface area contributed by atoms with Crippen LogP contribution in [0, 0.1) is 0 Å². The van der Waals surface area contributed by atoms with Crippen LogP contribution in [0.3, 0.4) is 0 Å². The van der Waals surface area contributed by atoms with Gasteiger partial charge in [-0.2, -0.15) is 0 Å². The Hall–Kier alpha value is -4.53. The summed E-state index contributed by atoms with van der Waals surface area (Å²) in [6.07, 6.45) is 0.00561. The predicted octanol–water partition coefficient (Wildman–Crippen LogP) is 2.61. The molecule has 1 aliphatic heterocycles. The van der Waals surface area contributed by atoms with Crippen molar-refractivity contribution < 1.29 is 28.6 Å². The number of nitrogens with zero attached hydrogens (tertiary/aromatic N) is 1. The molecule has 3 aromatic carbocycles. The van der Waals surface area contributed by atoms with Crippen LogP contribution in [0.4, 0.5) is 5.69 Å². The van der Waals surface area contributed by atoms with Crippen molar-refractivity contribution in [1.29, 1.82) is 0 Å². The zero-order valence-corrected chi connectivity index (χ0v) is 18.9. The Bertz CT molecular complexity index is 1170. The standard InChI is InChI=1S/C26H25N3O6/c30-24(14-15-29-22-8-4-5-9-23(22)35-18-26(29)32)27-28-25(31)17-34-21-12-10-20(11-13-21)33-16-19-6-2-1-3-7-19/h1-13H,14-18H2,(H,27,30)(H,28,31). The Balaban J connectivity index is 1.15. The van der Waals surface area contributed by atoms with Gasteiger partial charge in [-0.25, -0.2) is 0 Å². The monoisotopic (exact) mass is 475 g/mol. The molecular formula is C26H25N3O6. The van der Waals surface area contributed by atoms with Crippen molar-refractivity contribution in [3.63, 3.8) is 0 Å². The van der Waals surface area contributed by atoms with E-state index >= 15 is 0 Å². The highest BCUT2D eigenvalue weighted by Gasteiger charge is 2.25. The number of amides is 3. The number of rotatable bonds is 9. The molecule has 4 rings (SSSR count). The Morgan fingerprint density at radius 3 is 2.26 bits per heavy atom. The normalized spacial score (nSPS) is 12.2. The summed E-state index contributed by atoms with van der Waals surface area (Å²) in [6.45, 7) is 0.262. The molecule has 180 valence electrons. The number of hydrogen-bond donors (Lipinski definition) is 2. The summed E-state index contributed by atoms with van der Waals surface area (Å²) in [5, 5.41) is 0. The maximum Gasteiger partial charge on any atom is 0.276 e. The van der Waals surface area contributed by atoms with Gasteiger partial charge in [0.25, 0.3) is 11.8 Å². The van der Waals surface area contributed by atoms with Crippen LogP contribution in [0.15, 0.2) is 78.9 Å². The van der Waals surface area contributed by atoms with E-state index < -0.39 is 11.8 Å². The van der Waals surface area contributed by atoms with E-state index in [1.165, 1.54) is 4.90 Å². The fourth-order valence-electron chi connectivity index (χ4n) is 3.37. The van der Waals surface area contributed by atoms with Crippen LogP contribution >= 0.6 is 0 Å². The van der Waals surface area contributed by atoms with Gasteiger partial charge in [0.15, 0.2) is 13.2 Å². The molecule has 0 aromatic heterocycles. The molecule has 0 saturated heterocycles. The molecule has 1 aliphatic rings. The van der Waals surface area contributed by atoms with E-state index in [0.29, 0.717) is 29.5 Å². The van der Waals surface area contributed by atoms with Gasteiger partial charge in [0, 0.05) is 13.0 Å². The third kappa shape index (κ3) is 6.73. The van der Waals surface area contributed by atoms with Crippen LogP contribution < -0.4 is 30.0 Å². The first-order valence-electron chi connectivity index (χ1n) is 11.1. The summed E-state index contributed by atoms with van der Waals surface area (Å²) in [7, 11) is 0. The van der Waals surface area contributed by atoms with Gasteiger partial charge in [0.1, 0.15) is 23.9 Å². The molecule has 1 heterocycles. The summed E-state index contributed by atoms with van der Waals surface area (Å²) in [6, 6.07) is 23.8. The van der Waals surface area contributed by atoms with E-state index in [4.69, 9.17) is 14.2 Å². The van der Waals surface area contributed by atoms with E-state index in [1.807, 2.05) is 36.4 Å². The van der Waals surface area contributed by atoms with E-state index in [-0.39, 0.29) is 32.1 Å². The highest BCUT2D eigenvalue weighted by Crippen LogP contribution is 2.31. The van der Waals surface area contributed by atoms with Crippen LogP contribution in [0.1, 0.15) is 12.0 Å². The molecule has 9 heteroatoms. The minimum atomic E-state index is -0.518. The van der Waals surface area contributed by atoms with Gasteiger partial charge < -0.3 is 19.1 Å². The topological polar surface area (TPSA) is 106 Å². The summed E-state index contributed by atoms with van der Waals surface area (Å²) >= 11 is 0. The van der Waals surface area contributed by atoms with E-state index in [2.05, 4.69) is 10.9 Å². The minimum Gasteiger partial charge on any atom is -0.489 e. The van der Waals surface area contributed by atoms with Crippen molar-refractivity contribution in [3.8, 4) is 17.2 Å². The third-order valence-electron chi connectivity index (χ3n) is 5.15. The first kappa shape index (κ1) is 23.6. The molecule has 0 aliphatic carbocycles. The number of nitrogens with one attached hydrogen (secondary N) is 2. The van der Waals surface area contributed by atoms with Crippen LogP contribution in [-0.4, -0.2) is 37.5 Å². The molecule has 9 nitrogen and oxygen atoms in total. The molecule has 0 radical (unpaired) electrons. The first-order valence-corrected chi connectivity index (χ1v) is 11.1. The lowest BCUT2D eigenvalue weighted by atomic mass is 10.2. The van der Waals surface area contributed by atoms with Crippen molar-refractivity contribution in [2.75, 3.05) is 24.7 Å². The zero-order chi connectivity index (χ0) is 24.5. The molecule has 3 amide bonds. The average molecular weight is 476 g/mol. The molecule has 35 heavy (non-hydrogen) atoms. The van der Waals surface area contributed by atoms with Gasteiger partial charge in [0.05, 0.1) is 5.69 Å². The number of carbonyl (C=O) groups is 3. The maximum atomic E-state index is 12.2.